The first-order chi connectivity index (χ1) is 9.82. The molecule has 1 aliphatic heterocycles. The van der Waals surface area contributed by atoms with Gasteiger partial charge in [-0.25, -0.2) is 0 Å². The fraction of sp³-hybridized carbons (Fsp3) is 0.467. The van der Waals surface area contributed by atoms with Gasteiger partial charge < -0.3 is 15.0 Å². The Bertz CT molecular complexity index is 572. The van der Waals surface area contributed by atoms with Gasteiger partial charge in [0, 0.05) is 18.1 Å². The lowest BCUT2D eigenvalue weighted by molar-refractivity contribution is -0.150. The molecule has 1 heterocycles. The zero-order valence-corrected chi connectivity index (χ0v) is 13.2. The summed E-state index contributed by atoms with van der Waals surface area (Å²) in [6.07, 6.45) is 0. The highest BCUT2D eigenvalue weighted by Crippen LogP contribution is 2.22. The van der Waals surface area contributed by atoms with Crippen LogP contribution in [0.4, 0.5) is 0 Å². The average Bonchev–Trinajstić information content (AvgIpc) is 2.43. The van der Waals surface area contributed by atoms with Crippen LogP contribution in [0, 0.1) is 6.92 Å². The quantitative estimate of drug-likeness (QED) is 0.925. The van der Waals surface area contributed by atoms with Crippen molar-refractivity contribution >= 4 is 23.4 Å². The summed E-state index contributed by atoms with van der Waals surface area (Å²) < 4.78 is 5.50. The predicted octanol–water partition coefficient (Wildman–Crippen LogP) is 1.76. The molecular weight excluding hydrogens is 292 g/mol. The SMILES string of the molecule is Cc1cc(OCC(=O)N2CCNC(=O)C2(C)C)ccc1Cl. The van der Waals surface area contributed by atoms with Gasteiger partial charge in [-0.1, -0.05) is 11.6 Å². The molecule has 21 heavy (non-hydrogen) atoms. The lowest BCUT2D eigenvalue weighted by atomic mass is 9.99. The van der Waals surface area contributed by atoms with Crippen molar-refractivity contribution in [3.63, 3.8) is 0 Å². The summed E-state index contributed by atoms with van der Waals surface area (Å²) in [5.74, 6) is 0.233. The number of halogens is 1. The molecule has 0 saturated carbocycles. The van der Waals surface area contributed by atoms with Crippen molar-refractivity contribution in [2.45, 2.75) is 26.3 Å². The molecule has 114 valence electrons. The number of rotatable bonds is 3. The highest BCUT2D eigenvalue weighted by atomic mass is 35.5. The Balaban J connectivity index is 2.01. The molecule has 5 nitrogen and oxygen atoms in total. The lowest BCUT2D eigenvalue weighted by Crippen LogP contribution is -2.64. The van der Waals surface area contributed by atoms with Crippen molar-refractivity contribution in [1.82, 2.24) is 10.2 Å². The monoisotopic (exact) mass is 310 g/mol. The zero-order valence-electron chi connectivity index (χ0n) is 12.4. The average molecular weight is 311 g/mol. The molecule has 0 bridgehead atoms. The summed E-state index contributed by atoms with van der Waals surface area (Å²) in [7, 11) is 0. The van der Waals surface area contributed by atoms with Gasteiger partial charge in [0.05, 0.1) is 0 Å². The maximum atomic E-state index is 12.3. The largest absolute Gasteiger partial charge is 0.484 e. The van der Waals surface area contributed by atoms with Gasteiger partial charge in [0.1, 0.15) is 11.3 Å². The molecule has 1 aliphatic rings. The van der Waals surface area contributed by atoms with Crippen LogP contribution >= 0.6 is 11.6 Å². The van der Waals surface area contributed by atoms with Crippen molar-refractivity contribution in [3.05, 3.63) is 28.8 Å². The van der Waals surface area contributed by atoms with Crippen molar-refractivity contribution in [3.8, 4) is 5.75 Å². The molecule has 2 amide bonds. The van der Waals surface area contributed by atoms with E-state index in [-0.39, 0.29) is 18.4 Å². The Morgan fingerprint density at radius 2 is 2.19 bits per heavy atom. The van der Waals surface area contributed by atoms with E-state index in [0.717, 1.165) is 5.56 Å². The number of nitrogens with zero attached hydrogens (tertiary/aromatic N) is 1. The number of carbonyl (C=O) groups is 2. The number of piperazine rings is 1. The van der Waals surface area contributed by atoms with Crippen LogP contribution in [0.5, 0.6) is 5.75 Å². The standard InChI is InChI=1S/C15H19ClN2O3/c1-10-8-11(4-5-12(10)16)21-9-13(19)18-7-6-17-14(20)15(18,2)3/h4-5,8H,6-7,9H2,1-3H3,(H,17,20). The van der Waals surface area contributed by atoms with Crippen LogP contribution in [-0.2, 0) is 9.59 Å². The first kappa shape index (κ1) is 15.6. The van der Waals surface area contributed by atoms with Gasteiger partial charge in [-0.3, -0.25) is 9.59 Å². The maximum Gasteiger partial charge on any atom is 0.261 e. The molecule has 6 heteroatoms. The Morgan fingerprint density at radius 1 is 1.48 bits per heavy atom. The highest BCUT2D eigenvalue weighted by molar-refractivity contribution is 6.31. The van der Waals surface area contributed by atoms with Crippen LogP contribution < -0.4 is 10.1 Å². The fourth-order valence-corrected chi connectivity index (χ4v) is 2.38. The number of carbonyl (C=O) groups excluding carboxylic acids is 2. The maximum absolute atomic E-state index is 12.3. The summed E-state index contributed by atoms with van der Waals surface area (Å²) in [4.78, 5) is 25.7. The van der Waals surface area contributed by atoms with Crippen LogP contribution in [0.1, 0.15) is 19.4 Å². The third-order valence-electron chi connectivity index (χ3n) is 3.64. The van der Waals surface area contributed by atoms with Crippen LogP contribution in [0.2, 0.25) is 5.02 Å². The van der Waals surface area contributed by atoms with E-state index in [4.69, 9.17) is 16.3 Å². The van der Waals surface area contributed by atoms with Crippen LogP contribution in [-0.4, -0.2) is 41.9 Å². The van der Waals surface area contributed by atoms with E-state index in [2.05, 4.69) is 5.32 Å². The Labute approximate surface area is 129 Å². The van der Waals surface area contributed by atoms with E-state index in [0.29, 0.717) is 23.9 Å². The van der Waals surface area contributed by atoms with E-state index in [1.54, 1.807) is 36.9 Å². The molecule has 1 fully saturated rings. The van der Waals surface area contributed by atoms with Crippen molar-refractivity contribution < 1.29 is 14.3 Å². The molecule has 0 spiro atoms. The van der Waals surface area contributed by atoms with E-state index >= 15 is 0 Å². The Hall–Kier alpha value is -1.75. The molecule has 1 saturated heterocycles. The molecule has 0 aromatic heterocycles. The minimum absolute atomic E-state index is 0.0994. The summed E-state index contributed by atoms with van der Waals surface area (Å²) in [5, 5.41) is 3.41. The smallest absolute Gasteiger partial charge is 0.261 e. The minimum Gasteiger partial charge on any atom is -0.484 e. The third kappa shape index (κ3) is 3.29. The van der Waals surface area contributed by atoms with Crippen LogP contribution in [0.15, 0.2) is 18.2 Å². The second kappa shape index (κ2) is 5.93. The molecule has 1 N–H and O–H groups in total. The topological polar surface area (TPSA) is 58.6 Å². The summed E-state index contributed by atoms with van der Waals surface area (Å²) in [6, 6.07) is 5.23. The molecular formula is C15H19ClN2O3. The molecule has 0 radical (unpaired) electrons. The van der Waals surface area contributed by atoms with Crippen LogP contribution in [0.25, 0.3) is 0 Å². The Kier molecular flexibility index (Phi) is 4.42. The first-order valence-corrected chi connectivity index (χ1v) is 7.18. The number of hydrogen-bond donors (Lipinski definition) is 1. The Morgan fingerprint density at radius 3 is 2.86 bits per heavy atom. The van der Waals surface area contributed by atoms with Crippen LogP contribution in [0.3, 0.4) is 0 Å². The predicted molar refractivity (Wildman–Crippen MR) is 80.5 cm³/mol. The van der Waals surface area contributed by atoms with Gasteiger partial charge in [0.25, 0.3) is 5.91 Å². The van der Waals surface area contributed by atoms with E-state index < -0.39 is 5.54 Å². The lowest BCUT2D eigenvalue weighted by Gasteiger charge is -2.41. The van der Waals surface area contributed by atoms with Crippen molar-refractivity contribution in [2.24, 2.45) is 0 Å². The van der Waals surface area contributed by atoms with Gasteiger partial charge in [0.15, 0.2) is 6.61 Å². The number of nitrogens with one attached hydrogen (secondary N) is 1. The van der Waals surface area contributed by atoms with Gasteiger partial charge in [-0.05, 0) is 44.5 Å². The van der Waals surface area contributed by atoms with Gasteiger partial charge >= 0.3 is 0 Å². The number of aryl methyl sites for hydroxylation is 1. The van der Waals surface area contributed by atoms with E-state index in [1.807, 2.05) is 6.92 Å². The minimum atomic E-state index is -0.853. The number of amides is 2. The number of ether oxygens (including phenoxy) is 1. The molecule has 0 unspecified atom stereocenters. The molecule has 1 aromatic carbocycles. The molecule has 1 aromatic rings. The van der Waals surface area contributed by atoms with E-state index in [1.165, 1.54) is 0 Å². The normalized spacial score (nSPS) is 17.3. The van der Waals surface area contributed by atoms with E-state index in [9.17, 15) is 9.59 Å². The molecule has 0 aliphatic carbocycles. The van der Waals surface area contributed by atoms with Gasteiger partial charge in [-0.2, -0.15) is 0 Å². The number of benzene rings is 1. The van der Waals surface area contributed by atoms with Crippen molar-refractivity contribution in [1.29, 1.82) is 0 Å². The molecule has 0 atom stereocenters. The summed E-state index contributed by atoms with van der Waals surface area (Å²) >= 11 is 5.94. The number of hydrogen-bond acceptors (Lipinski definition) is 3. The van der Waals surface area contributed by atoms with Crippen molar-refractivity contribution in [2.75, 3.05) is 19.7 Å². The zero-order chi connectivity index (χ0) is 15.6. The highest BCUT2D eigenvalue weighted by Gasteiger charge is 2.40. The second-order valence-electron chi connectivity index (χ2n) is 5.56. The fourth-order valence-electron chi connectivity index (χ4n) is 2.27. The summed E-state index contributed by atoms with van der Waals surface area (Å²) in [6.45, 7) is 6.18. The second-order valence-corrected chi connectivity index (χ2v) is 5.97. The van der Waals surface area contributed by atoms with Gasteiger partial charge in [0.2, 0.25) is 5.91 Å². The molecule has 2 rings (SSSR count). The third-order valence-corrected chi connectivity index (χ3v) is 4.07. The summed E-state index contributed by atoms with van der Waals surface area (Å²) in [5.41, 5.74) is 0.0357. The van der Waals surface area contributed by atoms with Gasteiger partial charge in [-0.15, -0.1) is 0 Å². The first-order valence-electron chi connectivity index (χ1n) is 6.80.